The molecule has 14 nitrogen and oxygen atoms in total. The Morgan fingerprint density at radius 2 is 1.47 bits per heavy atom. The SMILES string of the molecule is CC(=O)N[C@H](Cc1ccc(N)cc1)C(=O)N[C@H](C(=O)N[C@@H](Cc1ccc[n+](C)c1)C(=O)N[C@@H](CC(C)C)C(=O)N1CCC[C@H]1C(=N)[O-])C1CCCCC1. The molecule has 53 heavy (non-hydrogen) atoms. The number of carbonyl (C=O) groups is 5. The predicted molar refractivity (Wildman–Crippen MR) is 198 cm³/mol. The Morgan fingerprint density at radius 1 is 0.849 bits per heavy atom. The maximum Gasteiger partial charge on any atom is 0.245 e. The van der Waals surface area contributed by atoms with Gasteiger partial charge in [0.25, 0.3) is 0 Å². The molecule has 1 saturated carbocycles. The average Bonchev–Trinajstić information content (AvgIpc) is 3.61. The zero-order valence-corrected chi connectivity index (χ0v) is 31.4. The lowest BCUT2D eigenvalue weighted by Gasteiger charge is -2.34. The molecule has 2 heterocycles. The minimum atomic E-state index is -1.12. The second kappa shape index (κ2) is 19.2. The number of carbonyl (C=O) groups excluding carboxylic acids is 5. The molecule has 5 atom stereocenters. The van der Waals surface area contributed by atoms with Gasteiger partial charge in [-0.05, 0) is 73.6 Å². The number of benzene rings is 1. The predicted octanol–water partition coefficient (Wildman–Crippen LogP) is 0.793. The molecule has 1 saturated heterocycles. The molecule has 0 bridgehead atoms. The van der Waals surface area contributed by atoms with Crippen LogP contribution in [0.5, 0.6) is 0 Å². The molecule has 2 aliphatic rings. The monoisotopic (exact) mass is 732 g/mol. The Morgan fingerprint density at radius 3 is 2.09 bits per heavy atom. The van der Waals surface area contributed by atoms with E-state index < -0.39 is 65.6 Å². The van der Waals surface area contributed by atoms with Gasteiger partial charge >= 0.3 is 0 Å². The van der Waals surface area contributed by atoms with Crippen LogP contribution in [0.4, 0.5) is 5.69 Å². The highest BCUT2D eigenvalue weighted by Gasteiger charge is 2.38. The fourth-order valence-corrected chi connectivity index (χ4v) is 7.41. The van der Waals surface area contributed by atoms with E-state index in [1.807, 2.05) is 50.0 Å². The standard InChI is InChI=1S/C39H56N8O6/c1-24(2)20-32(39(53)47-19-9-13-33(47)35(41)49)44-36(50)31(22-27-10-8-18-46(4)23-27)43-38(52)34(28-11-6-5-7-12-28)45-37(51)30(42-25(3)48)21-26-14-16-29(40)17-15-26/h8,10,14-18,23-24,28,30-34H,5-7,9,11-13,19-22,40H2,1-4H3,(H5-,41,42,43,44,45,48,49,50,51,52)/t30-,31+,32+,33+,34+/m1/s1. The van der Waals surface area contributed by atoms with Crippen molar-refractivity contribution in [1.82, 2.24) is 26.2 Å². The Balaban J connectivity index is 1.61. The van der Waals surface area contributed by atoms with Crippen LogP contribution in [-0.2, 0) is 43.9 Å². The van der Waals surface area contributed by atoms with Gasteiger partial charge in [-0.1, -0.05) is 45.2 Å². The van der Waals surface area contributed by atoms with Gasteiger partial charge in [-0.2, -0.15) is 0 Å². The van der Waals surface area contributed by atoms with Gasteiger partial charge in [0, 0.05) is 43.6 Å². The maximum atomic E-state index is 14.4. The minimum Gasteiger partial charge on any atom is -0.861 e. The first-order chi connectivity index (χ1) is 25.2. The van der Waals surface area contributed by atoms with Gasteiger partial charge < -0.3 is 42.4 Å². The first-order valence-electron chi connectivity index (χ1n) is 18.7. The summed E-state index contributed by atoms with van der Waals surface area (Å²) in [7, 11) is 1.85. The summed E-state index contributed by atoms with van der Waals surface area (Å²) in [5.41, 5.74) is 7.94. The topological polar surface area (TPSA) is 214 Å². The van der Waals surface area contributed by atoms with E-state index in [2.05, 4.69) is 21.3 Å². The number of rotatable bonds is 16. The van der Waals surface area contributed by atoms with Crippen LogP contribution in [0.15, 0.2) is 48.8 Å². The third-order valence-corrected chi connectivity index (χ3v) is 10.0. The van der Waals surface area contributed by atoms with E-state index in [0.717, 1.165) is 30.4 Å². The van der Waals surface area contributed by atoms with Crippen LogP contribution in [-0.4, -0.2) is 77.1 Å². The highest BCUT2D eigenvalue weighted by atomic mass is 16.3. The third-order valence-electron chi connectivity index (χ3n) is 10.0. The van der Waals surface area contributed by atoms with E-state index in [1.165, 1.54) is 11.8 Å². The summed E-state index contributed by atoms with van der Waals surface area (Å²) in [6.45, 7) is 5.49. The number of aryl methyl sites for hydroxylation is 1. The van der Waals surface area contributed by atoms with Crippen molar-refractivity contribution in [1.29, 1.82) is 5.41 Å². The molecule has 14 heteroatoms. The van der Waals surface area contributed by atoms with Crippen molar-refractivity contribution in [3.8, 4) is 0 Å². The van der Waals surface area contributed by atoms with Gasteiger partial charge in [0.2, 0.25) is 29.5 Å². The van der Waals surface area contributed by atoms with Crippen molar-refractivity contribution < 1.29 is 33.6 Å². The lowest BCUT2D eigenvalue weighted by Crippen LogP contribution is -2.61. The highest BCUT2D eigenvalue weighted by Crippen LogP contribution is 2.27. The molecule has 1 aliphatic carbocycles. The van der Waals surface area contributed by atoms with E-state index in [4.69, 9.17) is 11.1 Å². The average molecular weight is 733 g/mol. The number of nitrogens with two attached hydrogens (primary N) is 1. The van der Waals surface area contributed by atoms with Gasteiger partial charge in [0.15, 0.2) is 12.4 Å². The molecule has 1 aromatic carbocycles. The van der Waals surface area contributed by atoms with E-state index in [0.29, 0.717) is 44.3 Å². The lowest BCUT2D eigenvalue weighted by atomic mass is 9.83. The number of likely N-dealkylation sites (tertiary alicyclic amines) is 1. The van der Waals surface area contributed by atoms with E-state index >= 15 is 0 Å². The van der Waals surface area contributed by atoms with Crippen molar-refractivity contribution in [2.75, 3.05) is 12.3 Å². The molecule has 2 aromatic rings. The van der Waals surface area contributed by atoms with Gasteiger partial charge in [-0.25, -0.2) is 4.57 Å². The van der Waals surface area contributed by atoms with Crippen LogP contribution >= 0.6 is 0 Å². The molecule has 0 unspecified atom stereocenters. The normalized spacial score (nSPS) is 18.4. The Bertz CT molecular complexity index is 1610. The fourth-order valence-electron chi connectivity index (χ4n) is 7.41. The van der Waals surface area contributed by atoms with Crippen molar-refractivity contribution in [2.45, 2.75) is 115 Å². The number of aromatic nitrogens is 1. The minimum absolute atomic E-state index is 0.00825. The van der Waals surface area contributed by atoms with Crippen LogP contribution in [0.2, 0.25) is 0 Å². The zero-order valence-electron chi connectivity index (χ0n) is 31.4. The summed E-state index contributed by atoms with van der Waals surface area (Å²) >= 11 is 0. The van der Waals surface area contributed by atoms with Crippen molar-refractivity contribution in [3.05, 3.63) is 59.9 Å². The first kappa shape index (κ1) is 40.8. The van der Waals surface area contributed by atoms with Gasteiger partial charge in [0.05, 0.1) is 6.04 Å². The molecule has 288 valence electrons. The molecular formula is C39H56N8O6. The lowest BCUT2D eigenvalue weighted by molar-refractivity contribution is -0.671. The second-order valence-corrected chi connectivity index (χ2v) is 15.0. The number of nitrogen functional groups attached to an aromatic ring is 1. The van der Waals surface area contributed by atoms with Gasteiger partial charge in [0.1, 0.15) is 31.2 Å². The van der Waals surface area contributed by atoms with Gasteiger partial charge in [-0.3, -0.25) is 24.0 Å². The number of nitrogens with one attached hydrogen (secondary N) is 5. The number of anilines is 1. The highest BCUT2D eigenvalue weighted by molar-refractivity contribution is 5.96. The molecular weight excluding hydrogens is 676 g/mol. The summed E-state index contributed by atoms with van der Waals surface area (Å²) in [6, 6.07) is 5.75. The Kier molecular flexibility index (Phi) is 14.7. The molecule has 0 spiro atoms. The third kappa shape index (κ3) is 12.0. The Hall–Kier alpha value is -5.01. The summed E-state index contributed by atoms with van der Waals surface area (Å²) in [5.74, 6) is -3.49. The summed E-state index contributed by atoms with van der Waals surface area (Å²) in [5, 5.41) is 31.2. The van der Waals surface area contributed by atoms with Crippen molar-refractivity contribution in [2.24, 2.45) is 18.9 Å². The van der Waals surface area contributed by atoms with E-state index in [-0.39, 0.29) is 24.7 Å². The molecule has 5 amide bonds. The quantitative estimate of drug-likeness (QED) is 0.0632. The van der Waals surface area contributed by atoms with Crippen molar-refractivity contribution >= 4 is 41.1 Å². The molecule has 0 radical (unpaired) electrons. The van der Waals surface area contributed by atoms with Crippen LogP contribution in [0.1, 0.15) is 83.3 Å². The molecule has 1 aliphatic heterocycles. The Labute approximate surface area is 312 Å². The zero-order chi connectivity index (χ0) is 38.7. The van der Waals surface area contributed by atoms with Crippen LogP contribution in [0, 0.1) is 17.2 Å². The van der Waals surface area contributed by atoms with E-state index in [1.54, 1.807) is 24.3 Å². The maximum absolute atomic E-state index is 14.4. The summed E-state index contributed by atoms with van der Waals surface area (Å²) in [6.07, 6.45) is 9.41. The molecule has 4 rings (SSSR count). The molecule has 1 aromatic heterocycles. The fraction of sp³-hybridized carbons (Fsp3) is 0.564. The largest absolute Gasteiger partial charge is 0.861 e. The number of hydrogen-bond acceptors (Lipinski definition) is 8. The van der Waals surface area contributed by atoms with Crippen LogP contribution < -0.4 is 36.7 Å². The number of hydrogen-bond donors (Lipinski definition) is 6. The number of amides is 5. The summed E-state index contributed by atoms with van der Waals surface area (Å²) < 4.78 is 1.83. The first-order valence-corrected chi connectivity index (χ1v) is 18.7. The van der Waals surface area contributed by atoms with Crippen molar-refractivity contribution in [3.63, 3.8) is 0 Å². The molecule has 7 N–H and O–H groups in total. The van der Waals surface area contributed by atoms with Crippen LogP contribution in [0.25, 0.3) is 0 Å². The molecule has 2 fully saturated rings. The number of pyridine rings is 1. The van der Waals surface area contributed by atoms with Crippen LogP contribution in [0.3, 0.4) is 0 Å². The smallest absolute Gasteiger partial charge is 0.245 e. The second-order valence-electron chi connectivity index (χ2n) is 15.0. The summed E-state index contributed by atoms with van der Waals surface area (Å²) in [4.78, 5) is 69.9. The van der Waals surface area contributed by atoms with E-state index in [9.17, 15) is 29.1 Å². The van der Waals surface area contributed by atoms with Gasteiger partial charge in [-0.15, -0.1) is 0 Å². The number of nitrogens with zero attached hydrogens (tertiary/aromatic N) is 2.